The number of hydrogen-bond donors (Lipinski definition) is 0. The smallest absolute Gasteiger partial charge is 0.306 e. The quantitative estimate of drug-likeness (QED) is 0.0199. The van der Waals surface area contributed by atoms with Crippen LogP contribution < -0.4 is 0 Å². The van der Waals surface area contributed by atoms with Crippen molar-refractivity contribution in [1.82, 2.24) is 0 Å². The average molecular weight is 873 g/mol. The van der Waals surface area contributed by atoms with Crippen LogP contribution in [0.2, 0.25) is 0 Å². The average Bonchev–Trinajstić information content (AvgIpc) is 3.28. The topological polar surface area (TPSA) is 78.9 Å². The fourth-order valence-corrected chi connectivity index (χ4v) is 6.60. The molecule has 0 spiro atoms. The molecule has 0 aromatic carbocycles. The minimum absolute atomic E-state index is 0.101. The van der Waals surface area contributed by atoms with Crippen molar-refractivity contribution in [2.75, 3.05) is 13.2 Å². The van der Waals surface area contributed by atoms with E-state index in [0.717, 1.165) is 122 Å². The van der Waals surface area contributed by atoms with Crippen molar-refractivity contribution in [2.24, 2.45) is 0 Å². The molecule has 0 aromatic rings. The third-order valence-electron chi connectivity index (χ3n) is 10.4. The third kappa shape index (κ3) is 49.0. The lowest BCUT2D eigenvalue weighted by atomic mass is 10.1. The minimum Gasteiger partial charge on any atom is -0.462 e. The van der Waals surface area contributed by atoms with Gasteiger partial charge in [0.15, 0.2) is 6.10 Å². The van der Waals surface area contributed by atoms with Gasteiger partial charge >= 0.3 is 17.9 Å². The van der Waals surface area contributed by atoms with Crippen molar-refractivity contribution in [3.8, 4) is 0 Å². The van der Waals surface area contributed by atoms with Crippen LogP contribution in [-0.2, 0) is 28.6 Å². The fraction of sp³-hybridized carbons (Fsp3) is 0.632. The predicted octanol–water partition coefficient (Wildman–Crippen LogP) is 16.8. The standard InChI is InChI=1S/C57H92O6/c1-4-7-10-13-16-19-22-25-27-28-30-32-35-38-41-44-47-50-56(59)62-53-54(52-61-55(58)49-46-43-40-37-34-31-24-21-18-15-12-9-6-3)63-57(60)51-48-45-42-39-36-33-29-26-23-20-17-14-11-8-5-2/h8-9,11-12,14-21,23-27,29,54H,4-7,10,13,22,28,30-53H2,1-3H3/b11-8+,12-9+,17-14+,18-15+,19-16+,23-20+,24-21+,27-25+,29-26+. The van der Waals surface area contributed by atoms with E-state index in [1.54, 1.807) is 0 Å². The van der Waals surface area contributed by atoms with Crippen molar-refractivity contribution in [3.05, 3.63) is 109 Å². The molecular weight excluding hydrogens is 781 g/mol. The van der Waals surface area contributed by atoms with Crippen LogP contribution in [0.3, 0.4) is 0 Å². The minimum atomic E-state index is -0.804. The summed E-state index contributed by atoms with van der Waals surface area (Å²) in [6, 6.07) is 0. The van der Waals surface area contributed by atoms with Gasteiger partial charge in [0.1, 0.15) is 13.2 Å². The summed E-state index contributed by atoms with van der Waals surface area (Å²) >= 11 is 0. The van der Waals surface area contributed by atoms with Crippen LogP contribution in [0.5, 0.6) is 0 Å². The van der Waals surface area contributed by atoms with E-state index in [1.165, 1.54) is 51.4 Å². The van der Waals surface area contributed by atoms with Crippen LogP contribution >= 0.6 is 0 Å². The van der Waals surface area contributed by atoms with Gasteiger partial charge in [0.2, 0.25) is 0 Å². The Balaban J connectivity index is 4.48. The molecule has 0 amide bonds. The van der Waals surface area contributed by atoms with Crippen LogP contribution in [0, 0.1) is 0 Å². The van der Waals surface area contributed by atoms with Gasteiger partial charge in [-0.05, 0) is 89.9 Å². The summed E-state index contributed by atoms with van der Waals surface area (Å²) in [5, 5.41) is 0. The van der Waals surface area contributed by atoms with Gasteiger partial charge in [0.05, 0.1) is 0 Å². The van der Waals surface area contributed by atoms with Gasteiger partial charge in [0, 0.05) is 19.3 Å². The van der Waals surface area contributed by atoms with E-state index in [9.17, 15) is 14.4 Å². The number of unbranched alkanes of at least 4 members (excludes halogenated alkanes) is 20. The number of carbonyl (C=O) groups is 3. The number of hydrogen-bond acceptors (Lipinski definition) is 6. The Kier molecular flexibility index (Phi) is 47.5. The molecule has 0 aliphatic rings. The van der Waals surface area contributed by atoms with Gasteiger partial charge in [-0.1, -0.05) is 214 Å². The zero-order valence-corrected chi connectivity index (χ0v) is 40.5. The lowest BCUT2D eigenvalue weighted by Crippen LogP contribution is -2.30. The van der Waals surface area contributed by atoms with Crippen molar-refractivity contribution in [1.29, 1.82) is 0 Å². The Hall–Kier alpha value is -3.93. The van der Waals surface area contributed by atoms with Crippen molar-refractivity contribution in [3.63, 3.8) is 0 Å². The molecule has 0 saturated carbocycles. The summed E-state index contributed by atoms with van der Waals surface area (Å²) in [5.74, 6) is -0.959. The van der Waals surface area contributed by atoms with Crippen molar-refractivity contribution >= 4 is 17.9 Å². The zero-order chi connectivity index (χ0) is 45.8. The van der Waals surface area contributed by atoms with Gasteiger partial charge in [-0.15, -0.1) is 0 Å². The molecule has 1 atom stereocenters. The highest BCUT2D eigenvalue weighted by atomic mass is 16.6. The summed E-state index contributed by atoms with van der Waals surface area (Å²) in [4.78, 5) is 38.0. The lowest BCUT2D eigenvalue weighted by Gasteiger charge is -2.18. The van der Waals surface area contributed by atoms with Gasteiger partial charge in [-0.3, -0.25) is 14.4 Å². The van der Waals surface area contributed by atoms with E-state index in [-0.39, 0.29) is 31.1 Å². The molecule has 0 saturated heterocycles. The Labute approximate surface area is 387 Å². The van der Waals surface area contributed by atoms with Crippen LogP contribution in [0.25, 0.3) is 0 Å². The molecule has 0 fully saturated rings. The second-order valence-corrected chi connectivity index (χ2v) is 16.5. The second kappa shape index (κ2) is 50.7. The van der Waals surface area contributed by atoms with E-state index in [0.29, 0.717) is 19.3 Å². The third-order valence-corrected chi connectivity index (χ3v) is 10.4. The molecule has 0 aromatic heterocycles. The molecule has 0 heterocycles. The van der Waals surface area contributed by atoms with E-state index in [2.05, 4.69) is 106 Å². The number of allylic oxidation sites excluding steroid dienone is 18. The normalized spacial score (nSPS) is 13.0. The number of ether oxygens (including phenoxy) is 3. The molecule has 63 heavy (non-hydrogen) atoms. The van der Waals surface area contributed by atoms with E-state index in [1.807, 2.05) is 24.3 Å². The SMILES string of the molecule is CC/C=C/C=C/C=C/C=C/CCCCCCCC(=O)OC(COC(=O)CCCCCCC/C=C/C=C/C=C/CC)COC(=O)CCCCCCCCC/C=C/C/C=C/CCCCC. The summed E-state index contributed by atoms with van der Waals surface area (Å²) in [6.45, 7) is 6.28. The van der Waals surface area contributed by atoms with Crippen LogP contribution in [-0.4, -0.2) is 37.2 Å². The number of carbonyl (C=O) groups excluding carboxylic acids is 3. The highest BCUT2D eigenvalue weighted by Crippen LogP contribution is 2.13. The molecule has 0 radical (unpaired) electrons. The zero-order valence-electron chi connectivity index (χ0n) is 40.5. The summed E-state index contributed by atoms with van der Waals surface area (Å²) < 4.78 is 16.8. The monoisotopic (exact) mass is 873 g/mol. The van der Waals surface area contributed by atoms with E-state index < -0.39 is 6.10 Å². The first kappa shape index (κ1) is 59.1. The van der Waals surface area contributed by atoms with E-state index >= 15 is 0 Å². The molecule has 6 heteroatoms. The van der Waals surface area contributed by atoms with E-state index in [4.69, 9.17) is 14.2 Å². The second-order valence-electron chi connectivity index (χ2n) is 16.5. The van der Waals surface area contributed by atoms with Gasteiger partial charge < -0.3 is 14.2 Å². The largest absolute Gasteiger partial charge is 0.462 e. The molecule has 0 N–H and O–H groups in total. The highest BCUT2D eigenvalue weighted by Gasteiger charge is 2.19. The summed E-state index contributed by atoms with van der Waals surface area (Å²) in [5.41, 5.74) is 0. The molecule has 356 valence electrons. The lowest BCUT2D eigenvalue weighted by molar-refractivity contribution is -0.167. The molecular formula is C57H92O6. The predicted molar refractivity (Wildman–Crippen MR) is 270 cm³/mol. The molecule has 6 nitrogen and oxygen atoms in total. The highest BCUT2D eigenvalue weighted by molar-refractivity contribution is 5.71. The first-order valence-electron chi connectivity index (χ1n) is 25.5. The molecule has 0 bridgehead atoms. The molecule has 0 rings (SSSR count). The Bertz CT molecular complexity index is 1330. The Morgan fingerprint density at radius 2 is 0.683 bits per heavy atom. The van der Waals surface area contributed by atoms with Crippen LogP contribution in [0.1, 0.15) is 213 Å². The Morgan fingerprint density at radius 3 is 1.10 bits per heavy atom. The fourth-order valence-electron chi connectivity index (χ4n) is 6.60. The maximum absolute atomic E-state index is 12.8. The van der Waals surface area contributed by atoms with Gasteiger partial charge in [-0.25, -0.2) is 0 Å². The van der Waals surface area contributed by atoms with Crippen LogP contribution in [0.4, 0.5) is 0 Å². The number of esters is 3. The van der Waals surface area contributed by atoms with Crippen LogP contribution in [0.15, 0.2) is 109 Å². The molecule has 1 unspecified atom stereocenters. The number of rotatable bonds is 44. The summed E-state index contributed by atoms with van der Waals surface area (Å²) in [7, 11) is 0. The Morgan fingerprint density at radius 1 is 0.349 bits per heavy atom. The first-order chi connectivity index (χ1) is 31.0. The van der Waals surface area contributed by atoms with Crippen molar-refractivity contribution < 1.29 is 28.6 Å². The van der Waals surface area contributed by atoms with Gasteiger partial charge in [-0.2, -0.15) is 0 Å². The summed E-state index contributed by atoms with van der Waals surface area (Å²) in [6.07, 6.45) is 67.8. The van der Waals surface area contributed by atoms with Crippen molar-refractivity contribution in [2.45, 2.75) is 219 Å². The maximum Gasteiger partial charge on any atom is 0.306 e. The maximum atomic E-state index is 12.8. The first-order valence-corrected chi connectivity index (χ1v) is 25.5. The molecule has 0 aliphatic heterocycles. The van der Waals surface area contributed by atoms with Gasteiger partial charge in [0.25, 0.3) is 0 Å². The molecule has 0 aliphatic carbocycles.